The number of hydrogen-bond acceptors (Lipinski definition) is 5. The van der Waals surface area contributed by atoms with Gasteiger partial charge in [0.25, 0.3) is 15.9 Å². The SMILES string of the molecule is O=C(c1cccc(S(=O)(=O)Nc2cccc(Cl)c2)c1)N1CCN(c2ccccc2O)CC1. The molecule has 3 aromatic carbocycles. The Hall–Kier alpha value is -3.23. The van der Waals surface area contributed by atoms with Gasteiger partial charge in [0, 0.05) is 36.8 Å². The second kappa shape index (κ2) is 9.10. The van der Waals surface area contributed by atoms with Crippen LogP contribution in [0.5, 0.6) is 5.75 Å². The topological polar surface area (TPSA) is 90.0 Å². The van der Waals surface area contributed by atoms with E-state index in [0.29, 0.717) is 42.5 Å². The van der Waals surface area contributed by atoms with Gasteiger partial charge in [-0.3, -0.25) is 9.52 Å². The lowest BCUT2D eigenvalue weighted by molar-refractivity contribution is 0.0746. The number of aromatic hydroxyl groups is 1. The molecule has 0 aromatic heterocycles. The molecule has 0 unspecified atom stereocenters. The van der Waals surface area contributed by atoms with E-state index in [9.17, 15) is 18.3 Å². The fourth-order valence-corrected chi connectivity index (χ4v) is 4.91. The molecule has 0 spiro atoms. The van der Waals surface area contributed by atoms with E-state index in [1.807, 2.05) is 17.0 Å². The zero-order chi connectivity index (χ0) is 22.7. The highest BCUT2D eigenvalue weighted by Gasteiger charge is 2.24. The summed E-state index contributed by atoms with van der Waals surface area (Å²) in [6.45, 7) is 2.06. The predicted molar refractivity (Wildman–Crippen MR) is 125 cm³/mol. The monoisotopic (exact) mass is 471 g/mol. The van der Waals surface area contributed by atoms with Crippen LogP contribution in [0.4, 0.5) is 11.4 Å². The van der Waals surface area contributed by atoms with Crippen molar-refractivity contribution in [2.45, 2.75) is 4.90 Å². The maximum atomic E-state index is 13.0. The molecular weight excluding hydrogens is 450 g/mol. The first-order valence-corrected chi connectivity index (χ1v) is 11.9. The number of halogens is 1. The number of anilines is 2. The van der Waals surface area contributed by atoms with Gasteiger partial charge in [0.05, 0.1) is 16.3 Å². The predicted octanol–water partition coefficient (Wildman–Crippen LogP) is 3.81. The number of carbonyl (C=O) groups excluding carboxylic acids is 1. The Morgan fingerprint density at radius 3 is 2.34 bits per heavy atom. The van der Waals surface area contributed by atoms with Crippen molar-refractivity contribution < 1.29 is 18.3 Å². The number of piperazine rings is 1. The lowest BCUT2D eigenvalue weighted by Gasteiger charge is -2.36. The van der Waals surface area contributed by atoms with Gasteiger partial charge >= 0.3 is 0 Å². The highest BCUT2D eigenvalue weighted by Crippen LogP contribution is 2.27. The summed E-state index contributed by atoms with van der Waals surface area (Å²) in [6, 6.07) is 19.5. The summed E-state index contributed by atoms with van der Waals surface area (Å²) in [5.74, 6) is -0.0286. The number of sulfonamides is 1. The molecule has 1 fully saturated rings. The van der Waals surface area contributed by atoms with E-state index in [-0.39, 0.29) is 16.6 Å². The summed E-state index contributed by atoms with van der Waals surface area (Å²) < 4.78 is 28.1. The Labute approximate surface area is 191 Å². The molecule has 0 atom stereocenters. The quantitative estimate of drug-likeness (QED) is 0.590. The second-order valence-corrected chi connectivity index (χ2v) is 9.53. The molecule has 1 heterocycles. The maximum Gasteiger partial charge on any atom is 0.261 e. The number of amides is 1. The molecule has 1 aliphatic rings. The Bertz CT molecular complexity index is 1240. The van der Waals surface area contributed by atoms with Crippen molar-refractivity contribution in [3.8, 4) is 5.75 Å². The lowest BCUT2D eigenvalue weighted by atomic mass is 10.1. The molecule has 0 aliphatic carbocycles. The van der Waals surface area contributed by atoms with Gasteiger partial charge in [-0.25, -0.2) is 8.42 Å². The normalized spacial score (nSPS) is 14.3. The fourth-order valence-electron chi connectivity index (χ4n) is 3.63. The maximum absolute atomic E-state index is 13.0. The van der Waals surface area contributed by atoms with E-state index in [1.165, 1.54) is 18.2 Å². The van der Waals surface area contributed by atoms with Gasteiger partial charge in [-0.15, -0.1) is 0 Å². The van der Waals surface area contributed by atoms with Gasteiger partial charge in [0.2, 0.25) is 0 Å². The number of phenolic OH excluding ortho intramolecular Hbond substituents is 1. The third kappa shape index (κ3) is 4.81. The van der Waals surface area contributed by atoms with Crippen LogP contribution in [0.15, 0.2) is 77.7 Å². The summed E-state index contributed by atoms with van der Waals surface area (Å²) in [6.07, 6.45) is 0. The molecule has 1 aliphatic heterocycles. The fraction of sp³-hybridized carbons (Fsp3) is 0.174. The molecule has 166 valence electrons. The zero-order valence-electron chi connectivity index (χ0n) is 17.1. The summed E-state index contributed by atoms with van der Waals surface area (Å²) >= 11 is 5.93. The van der Waals surface area contributed by atoms with Crippen LogP contribution in [0, 0.1) is 0 Å². The summed E-state index contributed by atoms with van der Waals surface area (Å²) in [5.41, 5.74) is 1.38. The minimum atomic E-state index is -3.88. The van der Waals surface area contributed by atoms with E-state index < -0.39 is 10.0 Å². The minimum absolute atomic E-state index is 0.00355. The van der Waals surface area contributed by atoms with Gasteiger partial charge < -0.3 is 14.9 Å². The molecule has 0 bridgehead atoms. The minimum Gasteiger partial charge on any atom is -0.506 e. The number of nitrogens with zero attached hydrogens (tertiary/aromatic N) is 2. The number of para-hydroxylation sites is 2. The molecule has 7 nitrogen and oxygen atoms in total. The van der Waals surface area contributed by atoms with Crippen molar-refractivity contribution in [3.63, 3.8) is 0 Å². The lowest BCUT2D eigenvalue weighted by Crippen LogP contribution is -2.48. The van der Waals surface area contributed by atoms with Gasteiger partial charge in [-0.2, -0.15) is 0 Å². The smallest absolute Gasteiger partial charge is 0.261 e. The zero-order valence-corrected chi connectivity index (χ0v) is 18.7. The van der Waals surface area contributed by atoms with Crippen LogP contribution in [0.1, 0.15) is 10.4 Å². The molecule has 9 heteroatoms. The summed E-state index contributed by atoms with van der Waals surface area (Å²) in [7, 11) is -3.88. The highest BCUT2D eigenvalue weighted by atomic mass is 35.5. The Kier molecular flexibility index (Phi) is 6.25. The van der Waals surface area contributed by atoms with E-state index in [1.54, 1.807) is 47.4 Å². The molecule has 2 N–H and O–H groups in total. The number of rotatable bonds is 5. The first-order chi connectivity index (χ1) is 15.3. The van der Waals surface area contributed by atoms with Crippen LogP contribution in [-0.4, -0.2) is 50.5 Å². The number of phenols is 1. The third-order valence-electron chi connectivity index (χ3n) is 5.26. The Morgan fingerprint density at radius 1 is 0.906 bits per heavy atom. The van der Waals surface area contributed by atoms with Gasteiger partial charge in [0.15, 0.2) is 0 Å². The average Bonchev–Trinajstić information content (AvgIpc) is 2.79. The van der Waals surface area contributed by atoms with Crippen molar-refractivity contribution >= 4 is 38.9 Å². The highest BCUT2D eigenvalue weighted by molar-refractivity contribution is 7.92. The van der Waals surface area contributed by atoms with Gasteiger partial charge in [-0.05, 0) is 48.5 Å². The number of hydrogen-bond donors (Lipinski definition) is 2. The molecular formula is C23H22ClN3O4S. The third-order valence-corrected chi connectivity index (χ3v) is 6.87. The van der Waals surface area contributed by atoms with E-state index >= 15 is 0 Å². The van der Waals surface area contributed by atoms with Crippen molar-refractivity contribution in [2.75, 3.05) is 35.8 Å². The molecule has 1 amide bonds. The second-order valence-electron chi connectivity index (χ2n) is 7.41. The molecule has 0 radical (unpaired) electrons. The van der Waals surface area contributed by atoms with E-state index in [2.05, 4.69) is 4.72 Å². The number of carbonyl (C=O) groups is 1. The first-order valence-electron chi connectivity index (χ1n) is 10.0. The molecule has 0 saturated carbocycles. The van der Waals surface area contributed by atoms with Crippen molar-refractivity contribution in [2.24, 2.45) is 0 Å². The van der Waals surface area contributed by atoms with E-state index in [4.69, 9.17) is 11.6 Å². The number of benzene rings is 3. The van der Waals surface area contributed by atoms with Crippen LogP contribution in [0.25, 0.3) is 0 Å². The molecule has 3 aromatic rings. The van der Waals surface area contributed by atoms with Crippen LogP contribution < -0.4 is 9.62 Å². The Morgan fingerprint density at radius 2 is 1.62 bits per heavy atom. The summed E-state index contributed by atoms with van der Waals surface area (Å²) in [5, 5.41) is 10.5. The van der Waals surface area contributed by atoms with Crippen LogP contribution in [0.3, 0.4) is 0 Å². The van der Waals surface area contributed by atoms with Gasteiger partial charge in [0.1, 0.15) is 5.75 Å². The van der Waals surface area contributed by atoms with Crippen molar-refractivity contribution in [3.05, 3.63) is 83.4 Å². The van der Waals surface area contributed by atoms with E-state index in [0.717, 1.165) is 5.69 Å². The van der Waals surface area contributed by atoms with Crippen LogP contribution in [0.2, 0.25) is 5.02 Å². The van der Waals surface area contributed by atoms with Crippen molar-refractivity contribution in [1.29, 1.82) is 0 Å². The summed E-state index contributed by atoms with van der Waals surface area (Å²) in [4.78, 5) is 16.7. The molecule has 1 saturated heterocycles. The largest absolute Gasteiger partial charge is 0.506 e. The van der Waals surface area contributed by atoms with Gasteiger partial charge in [-0.1, -0.05) is 35.9 Å². The molecule has 32 heavy (non-hydrogen) atoms. The number of nitrogens with one attached hydrogen (secondary N) is 1. The first kappa shape index (κ1) is 22.0. The standard InChI is InChI=1S/C23H22ClN3O4S/c24-18-6-4-7-19(16-18)25-32(30,31)20-8-3-5-17(15-20)23(29)27-13-11-26(12-14-27)21-9-1-2-10-22(21)28/h1-10,15-16,25,28H,11-14H2. The van der Waals surface area contributed by atoms with Crippen LogP contribution >= 0.6 is 11.6 Å². The Balaban J connectivity index is 1.46. The van der Waals surface area contributed by atoms with Crippen LogP contribution in [-0.2, 0) is 10.0 Å². The van der Waals surface area contributed by atoms with Crippen molar-refractivity contribution in [1.82, 2.24) is 4.90 Å². The molecule has 4 rings (SSSR count). The average molecular weight is 472 g/mol.